The van der Waals surface area contributed by atoms with Crippen LogP contribution in [0.25, 0.3) is 0 Å². The summed E-state index contributed by atoms with van der Waals surface area (Å²) in [4.78, 5) is 0. The van der Waals surface area contributed by atoms with E-state index in [0.717, 1.165) is 19.4 Å². The topological polar surface area (TPSA) is 29.5 Å². The van der Waals surface area contributed by atoms with Crippen LogP contribution in [-0.4, -0.2) is 22.9 Å². The van der Waals surface area contributed by atoms with Gasteiger partial charge in [-0.2, -0.15) is 0 Å². The third-order valence-electron chi connectivity index (χ3n) is 3.17. The Morgan fingerprint density at radius 2 is 1.47 bits per heavy atom. The van der Waals surface area contributed by atoms with Gasteiger partial charge in [0, 0.05) is 6.61 Å². The van der Waals surface area contributed by atoms with E-state index in [2.05, 4.69) is 34.6 Å². The SMILES string of the molecule is CCCOC(C)(C)C(C)(C)CC(C)(C)O. The molecular weight excluding hydrogens is 188 g/mol. The van der Waals surface area contributed by atoms with Crippen molar-refractivity contribution in [3.63, 3.8) is 0 Å². The van der Waals surface area contributed by atoms with Crippen molar-refractivity contribution in [3.05, 3.63) is 0 Å². The van der Waals surface area contributed by atoms with Crippen molar-refractivity contribution in [3.8, 4) is 0 Å². The molecule has 92 valence electrons. The molecule has 0 fully saturated rings. The van der Waals surface area contributed by atoms with Crippen molar-refractivity contribution in [1.29, 1.82) is 0 Å². The summed E-state index contributed by atoms with van der Waals surface area (Å²) in [5.41, 5.74) is -0.889. The third-order valence-corrected chi connectivity index (χ3v) is 3.17. The molecule has 0 radical (unpaired) electrons. The molecule has 0 atom stereocenters. The Balaban J connectivity index is 4.54. The summed E-state index contributed by atoms with van der Waals surface area (Å²) >= 11 is 0. The molecule has 0 aromatic rings. The van der Waals surface area contributed by atoms with E-state index in [-0.39, 0.29) is 11.0 Å². The number of aliphatic hydroxyl groups is 1. The largest absolute Gasteiger partial charge is 0.390 e. The van der Waals surface area contributed by atoms with E-state index < -0.39 is 5.60 Å². The highest BCUT2D eigenvalue weighted by Crippen LogP contribution is 2.40. The number of rotatable bonds is 6. The first kappa shape index (κ1) is 14.9. The Bertz CT molecular complexity index is 187. The second kappa shape index (κ2) is 4.84. The molecule has 0 aliphatic rings. The van der Waals surface area contributed by atoms with Gasteiger partial charge in [-0.3, -0.25) is 0 Å². The highest BCUT2D eigenvalue weighted by Gasteiger charge is 2.41. The molecule has 0 saturated carbocycles. The van der Waals surface area contributed by atoms with Crippen molar-refractivity contribution < 1.29 is 9.84 Å². The van der Waals surface area contributed by atoms with Crippen LogP contribution in [0.1, 0.15) is 61.3 Å². The molecule has 1 N–H and O–H groups in total. The summed E-state index contributed by atoms with van der Waals surface area (Å²) in [5, 5.41) is 9.89. The zero-order valence-corrected chi connectivity index (χ0v) is 11.5. The third kappa shape index (κ3) is 4.98. The van der Waals surface area contributed by atoms with Crippen LogP contribution in [0, 0.1) is 5.41 Å². The lowest BCUT2D eigenvalue weighted by Crippen LogP contribution is -2.45. The second-order valence-electron chi connectivity index (χ2n) is 6.23. The van der Waals surface area contributed by atoms with Crippen LogP contribution >= 0.6 is 0 Å². The molecular formula is C13H28O2. The highest BCUT2D eigenvalue weighted by atomic mass is 16.5. The molecule has 2 heteroatoms. The van der Waals surface area contributed by atoms with Crippen LogP contribution in [0.3, 0.4) is 0 Å². The van der Waals surface area contributed by atoms with Crippen molar-refractivity contribution in [2.24, 2.45) is 5.41 Å². The van der Waals surface area contributed by atoms with Gasteiger partial charge in [0.2, 0.25) is 0 Å². The average Bonchev–Trinajstić information content (AvgIpc) is 1.96. The monoisotopic (exact) mass is 216 g/mol. The molecule has 0 heterocycles. The fourth-order valence-corrected chi connectivity index (χ4v) is 1.85. The van der Waals surface area contributed by atoms with Crippen LogP contribution in [0.15, 0.2) is 0 Å². The molecule has 0 rings (SSSR count). The van der Waals surface area contributed by atoms with Crippen molar-refractivity contribution in [2.45, 2.75) is 72.5 Å². The molecule has 0 aromatic carbocycles. The van der Waals surface area contributed by atoms with E-state index in [0.29, 0.717) is 0 Å². The summed E-state index contributed by atoms with van der Waals surface area (Å²) < 4.78 is 5.88. The first-order chi connectivity index (χ1) is 6.52. The molecule has 15 heavy (non-hydrogen) atoms. The molecule has 0 aliphatic heterocycles. The van der Waals surface area contributed by atoms with Crippen molar-refractivity contribution in [2.75, 3.05) is 6.61 Å². The van der Waals surface area contributed by atoms with Crippen LogP contribution in [0.5, 0.6) is 0 Å². The number of hydrogen-bond donors (Lipinski definition) is 1. The zero-order valence-electron chi connectivity index (χ0n) is 11.5. The van der Waals surface area contributed by atoms with Gasteiger partial charge in [-0.1, -0.05) is 20.8 Å². The average molecular weight is 216 g/mol. The quantitative estimate of drug-likeness (QED) is 0.737. The Kier molecular flexibility index (Phi) is 4.81. The van der Waals surface area contributed by atoms with Gasteiger partial charge in [0.25, 0.3) is 0 Å². The summed E-state index contributed by atoms with van der Waals surface area (Å²) in [6.45, 7) is 15.1. The molecule has 0 aromatic heterocycles. The normalized spacial score (nSPS) is 14.4. The maximum absolute atomic E-state index is 9.89. The van der Waals surface area contributed by atoms with Crippen molar-refractivity contribution in [1.82, 2.24) is 0 Å². The van der Waals surface area contributed by atoms with E-state index >= 15 is 0 Å². The van der Waals surface area contributed by atoms with Gasteiger partial charge in [-0.05, 0) is 46.0 Å². The fourth-order valence-electron chi connectivity index (χ4n) is 1.85. The lowest BCUT2D eigenvalue weighted by molar-refractivity contribution is -0.122. The number of hydrogen-bond acceptors (Lipinski definition) is 2. The summed E-state index contributed by atoms with van der Waals surface area (Å²) in [6.07, 6.45) is 1.76. The Morgan fingerprint density at radius 3 is 1.80 bits per heavy atom. The second-order valence-corrected chi connectivity index (χ2v) is 6.23. The van der Waals surface area contributed by atoms with E-state index in [9.17, 15) is 5.11 Å². The molecule has 0 saturated heterocycles. The van der Waals surface area contributed by atoms with Gasteiger partial charge in [0.05, 0.1) is 11.2 Å². The minimum Gasteiger partial charge on any atom is -0.390 e. The molecule has 0 amide bonds. The minimum absolute atomic E-state index is 0.0413. The number of ether oxygens (including phenoxy) is 1. The highest BCUT2D eigenvalue weighted by molar-refractivity contribution is 4.91. The predicted octanol–water partition coefficient (Wildman–Crippen LogP) is 3.38. The molecule has 0 aliphatic carbocycles. The predicted molar refractivity (Wildman–Crippen MR) is 65.0 cm³/mol. The lowest BCUT2D eigenvalue weighted by atomic mass is 9.70. The smallest absolute Gasteiger partial charge is 0.0678 e. The van der Waals surface area contributed by atoms with Crippen LogP contribution in [0.2, 0.25) is 0 Å². The van der Waals surface area contributed by atoms with Crippen molar-refractivity contribution >= 4 is 0 Å². The first-order valence-electron chi connectivity index (χ1n) is 5.88. The summed E-state index contributed by atoms with van der Waals surface area (Å²) in [6, 6.07) is 0. The van der Waals surface area contributed by atoms with E-state index in [1.54, 1.807) is 0 Å². The van der Waals surface area contributed by atoms with Gasteiger partial charge in [0.1, 0.15) is 0 Å². The summed E-state index contributed by atoms with van der Waals surface area (Å²) in [7, 11) is 0. The standard InChI is InChI=1S/C13H28O2/c1-8-9-15-13(6,7)11(2,3)10-12(4,5)14/h14H,8-10H2,1-7H3. The molecule has 0 spiro atoms. The Hall–Kier alpha value is -0.0800. The lowest BCUT2D eigenvalue weighted by Gasteiger charge is -2.44. The Morgan fingerprint density at radius 1 is 1.00 bits per heavy atom. The van der Waals surface area contributed by atoms with E-state index in [4.69, 9.17) is 4.74 Å². The van der Waals surface area contributed by atoms with Gasteiger partial charge in [-0.15, -0.1) is 0 Å². The maximum Gasteiger partial charge on any atom is 0.0678 e. The molecule has 2 nitrogen and oxygen atoms in total. The first-order valence-corrected chi connectivity index (χ1v) is 5.88. The van der Waals surface area contributed by atoms with Crippen LogP contribution < -0.4 is 0 Å². The molecule has 0 bridgehead atoms. The van der Waals surface area contributed by atoms with Gasteiger partial charge in [0.15, 0.2) is 0 Å². The van der Waals surface area contributed by atoms with Gasteiger partial charge < -0.3 is 9.84 Å². The molecule has 0 unspecified atom stereocenters. The zero-order chi connectivity index (χ0) is 12.3. The van der Waals surface area contributed by atoms with Crippen LogP contribution in [0.4, 0.5) is 0 Å². The maximum atomic E-state index is 9.89. The Labute approximate surface area is 95.0 Å². The van der Waals surface area contributed by atoms with Gasteiger partial charge >= 0.3 is 0 Å². The van der Waals surface area contributed by atoms with Gasteiger partial charge in [-0.25, -0.2) is 0 Å². The summed E-state index contributed by atoms with van der Waals surface area (Å²) in [5.74, 6) is 0. The van der Waals surface area contributed by atoms with E-state index in [1.165, 1.54) is 0 Å². The fraction of sp³-hybridized carbons (Fsp3) is 1.00. The minimum atomic E-state index is -0.643. The van der Waals surface area contributed by atoms with Crippen LogP contribution in [-0.2, 0) is 4.74 Å². The van der Waals surface area contributed by atoms with E-state index in [1.807, 2.05) is 13.8 Å².